The van der Waals surface area contributed by atoms with Crippen molar-refractivity contribution in [2.45, 2.75) is 13.0 Å². The number of aryl methyl sites for hydroxylation is 1. The number of halogens is 1. The van der Waals surface area contributed by atoms with Gasteiger partial charge in [0, 0.05) is 0 Å². The van der Waals surface area contributed by atoms with E-state index in [4.69, 9.17) is 10.8 Å². The van der Waals surface area contributed by atoms with E-state index in [9.17, 15) is 4.79 Å². The lowest BCUT2D eigenvalue weighted by molar-refractivity contribution is -0.137. The predicted molar refractivity (Wildman–Crippen MR) is 64.7 cm³/mol. The number of anilines is 1. The molecule has 0 fully saturated rings. The normalized spacial score (nSPS) is 10.8. The van der Waals surface area contributed by atoms with Crippen molar-refractivity contribution in [1.29, 1.82) is 0 Å². The molecule has 0 saturated carbocycles. The van der Waals surface area contributed by atoms with Crippen LogP contribution in [-0.4, -0.2) is 30.8 Å². The molecular formula is C8H8IN5O2. The second-order valence-corrected chi connectivity index (χ2v) is 4.14. The van der Waals surface area contributed by atoms with Crippen LogP contribution >= 0.6 is 22.6 Å². The molecule has 7 nitrogen and oxygen atoms in total. The Bertz CT molecular complexity index is 553. The van der Waals surface area contributed by atoms with E-state index in [1.165, 1.54) is 11.0 Å². The summed E-state index contributed by atoms with van der Waals surface area (Å²) in [4.78, 5) is 18.4. The fourth-order valence-electron chi connectivity index (χ4n) is 1.34. The zero-order valence-electron chi connectivity index (χ0n) is 8.09. The number of carboxylic acids is 1. The van der Waals surface area contributed by atoms with Gasteiger partial charge in [0.1, 0.15) is 15.8 Å². The minimum absolute atomic E-state index is 0.00321. The Kier molecular flexibility index (Phi) is 2.90. The molecule has 0 amide bonds. The molecule has 0 aromatic carbocycles. The summed E-state index contributed by atoms with van der Waals surface area (Å²) in [5.74, 6) is -0.517. The van der Waals surface area contributed by atoms with Crippen LogP contribution in [0, 0.1) is 3.70 Å². The number of carboxylic acid groups (broad SMARTS) is 1. The number of fused-ring (bicyclic) bond motifs is 1. The van der Waals surface area contributed by atoms with Gasteiger partial charge < -0.3 is 10.8 Å². The first kappa shape index (κ1) is 11.0. The number of carbonyl (C=O) groups is 1. The lowest BCUT2D eigenvalue weighted by Gasteiger charge is -1.99. The maximum Gasteiger partial charge on any atom is 0.305 e. The average Bonchev–Trinajstić information content (AvgIpc) is 2.54. The summed E-state index contributed by atoms with van der Waals surface area (Å²) in [7, 11) is 0. The summed E-state index contributed by atoms with van der Waals surface area (Å²) >= 11 is 2.02. The standard InChI is InChI=1S/C8H8IN5O2/c9-6-5-7(10)11-3-12-8(5)14(13-6)2-1-4(15)16/h3H,1-2H2,(H,15,16)(H2,10,11,12). The van der Waals surface area contributed by atoms with Crippen molar-refractivity contribution >= 4 is 45.4 Å². The summed E-state index contributed by atoms with van der Waals surface area (Å²) in [6.45, 7) is 0.269. The molecule has 0 unspecified atom stereocenters. The van der Waals surface area contributed by atoms with E-state index in [0.29, 0.717) is 20.6 Å². The Labute approximate surface area is 104 Å². The third-order valence-corrected chi connectivity index (χ3v) is 2.81. The Morgan fingerprint density at radius 2 is 2.31 bits per heavy atom. The molecule has 8 heteroatoms. The number of hydrogen-bond acceptors (Lipinski definition) is 5. The minimum Gasteiger partial charge on any atom is -0.481 e. The van der Waals surface area contributed by atoms with Gasteiger partial charge in [0.05, 0.1) is 18.4 Å². The first-order chi connectivity index (χ1) is 7.59. The number of nitrogens with zero attached hydrogens (tertiary/aromatic N) is 4. The Morgan fingerprint density at radius 3 is 3.00 bits per heavy atom. The summed E-state index contributed by atoms with van der Waals surface area (Å²) in [5, 5.41) is 13.5. The molecule has 84 valence electrons. The molecule has 0 aliphatic rings. The maximum atomic E-state index is 10.5. The van der Waals surface area contributed by atoms with Crippen molar-refractivity contribution in [1.82, 2.24) is 19.7 Å². The minimum atomic E-state index is -0.874. The smallest absolute Gasteiger partial charge is 0.305 e. The molecule has 2 rings (SSSR count). The SMILES string of the molecule is Nc1ncnc2c1c(I)nn2CCC(=O)O. The molecule has 16 heavy (non-hydrogen) atoms. The third kappa shape index (κ3) is 1.92. The summed E-state index contributed by atoms with van der Waals surface area (Å²) in [6.07, 6.45) is 1.34. The lowest BCUT2D eigenvalue weighted by Crippen LogP contribution is -2.06. The molecule has 2 aromatic rings. The van der Waals surface area contributed by atoms with Gasteiger partial charge in [-0.1, -0.05) is 0 Å². The molecule has 0 atom stereocenters. The first-order valence-corrected chi connectivity index (χ1v) is 5.51. The number of aliphatic carboxylic acids is 1. The molecule has 0 aliphatic carbocycles. The highest BCUT2D eigenvalue weighted by molar-refractivity contribution is 14.1. The molecule has 0 aliphatic heterocycles. The molecule has 0 spiro atoms. The fourth-order valence-corrected chi connectivity index (χ4v) is 2.12. The van der Waals surface area contributed by atoms with Crippen LogP contribution in [0.3, 0.4) is 0 Å². The van der Waals surface area contributed by atoms with Crippen LogP contribution in [0.25, 0.3) is 11.0 Å². The maximum absolute atomic E-state index is 10.5. The van der Waals surface area contributed by atoms with Crippen LogP contribution < -0.4 is 5.73 Å². The summed E-state index contributed by atoms with van der Waals surface area (Å²) < 4.78 is 2.21. The first-order valence-electron chi connectivity index (χ1n) is 4.44. The monoisotopic (exact) mass is 333 g/mol. The molecule has 0 saturated heterocycles. The van der Waals surface area contributed by atoms with Crippen LogP contribution in [-0.2, 0) is 11.3 Å². The second kappa shape index (κ2) is 4.20. The number of nitrogens with two attached hydrogens (primary N) is 1. The zero-order valence-corrected chi connectivity index (χ0v) is 10.2. The number of hydrogen-bond donors (Lipinski definition) is 2. The van der Waals surface area contributed by atoms with E-state index in [0.717, 1.165) is 0 Å². The van der Waals surface area contributed by atoms with Crippen molar-refractivity contribution in [2.75, 3.05) is 5.73 Å². The quantitative estimate of drug-likeness (QED) is 0.792. The molecule has 2 heterocycles. The van der Waals surface area contributed by atoms with Crippen molar-refractivity contribution < 1.29 is 9.90 Å². The lowest BCUT2D eigenvalue weighted by atomic mass is 10.4. The van der Waals surface area contributed by atoms with Gasteiger partial charge in [0.2, 0.25) is 0 Å². The summed E-state index contributed by atoms with van der Waals surface area (Å²) in [6, 6.07) is 0. The fraction of sp³-hybridized carbons (Fsp3) is 0.250. The largest absolute Gasteiger partial charge is 0.481 e. The number of aromatic nitrogens is 4. The van der Waals surface area contributed by atoms with E-state index < -0.39 is 5.97 Å². The Morgan fingerprint density at radius 1 is 1.56 bits per heavy atom. The number of nitrogen functional groups attached to an aromatic ring is 1. The van der Waals surface area contributed by atoms with Crippen LogP contribution in [0.5, 0.6) is 0 Å². The molecule has 0 bridgehead atoms. The highest BCUT2D eigenvalue weighted by Crippen LogP contribution is 2.22. The van der Waals surface area contributed by atoms with Crippen molar-refractivity contribution in [2.24, 2.45) is 0 Å². The van der Waals surface area contributed by atoms with Gasteiger partial charge >= 0.3 is 5.97 Å². The molecule has 3 N–H and O–H groups in total. The van der Waals surface area contributed by atoms with E-state index in [-0.39, 0.29) is 13.0 Å². The van der Waals surface area contributed by atoms with Gasteiger partial charge in [-0.15, -0.1) is 0 Å². The van der Waals surface area contributed by atoms with Gasteiger partial charge in [0.25, 0.3) is 0 Å². The van der Waals surface area contributed by atoms with Crippen LogP contribution in [0.15, 0.2) is 6.33 Å². The highest BCUT2D eigenvalue weighted by Gasteiger charge is 2.13. The highest BCUT2D eigenvalue weighted by atomic mass is 127. The van der Waals surface area contributed by atoms with Crippen LogP contribution in [0.1, 0.15) is 6.42 Å². The zero-order chi connectivity index (χ0) is 11.7. The third-order valence-electron chi connectivity index (χ3n) is 2.05. The topological polar surface area (TPSA) is 107 Å². The van der Waals surface area contributed by atoms with Crippen LogP contribution in [0.2, 0.25) is 0 Å². The van der Waals surface area contributed by atoms with Gasteiger partial charge in [-0.05, 0) is 22.6 Å². The van der Waals surface area contributed by atoms with Gasteiger partial charge in [-0.3, -0.25) is 4.79 Å². The van der Waals surface area contributed by atoms with Crippen molar-refractivity contribution in [3.05, 3.63) is 10.0 Å². The molecule has 0 radical (unpaired) electrons. The number of rotatable bonds is 3. The van der Waals surface area contributed by atoms with Gasteiger partial charge in [0.15, 0.2) is 5.65 Å². The second-order valence-electron chi connectivity index (χ2n) is 3.12. The van der Waals surface area contributed by atoms with E-state index in [1.54, 1.807) is 0 Å². The van der Waals surface area contributed by atoms with E-state index in [2.05, 4.69) is 15.1 Å². The van der Waals surface area contributed by atoms with Crippen molar-refractivity contribution in [3.8, 4) is 0 Å². The predicted octanol–water partition coefficient (Wildman–Crippen LogP) is 0.488. The van der Waals surface area contributed by atoms with Crippen LogP contribution in [0.4, 0.5) is 5.82 Å². The average molecular weight is 333 g/mol. The van der Waals surface area contributed by atoms with Gasteiger partial charge in [-0.2, -0.15) is 5.10 Å². The van der Waals surface area contributed by atoms with E-state index in [1.807, 2.05) is 22.6 Å². The van der Waals surface area contributed by atoms with Crippen molar-refractivity contribution in [3.63, 3.8) is 0 Å². The Hall–Kier alpha value is -1.45. The molecular weight excluding hydrogens is 325 g/mol. The van der Waals surface area contributed by atoms with E-state index >= 15 is 0 Å². The Balaban J connectivity index is 2.47. The molecule has 2 aromatic heterocycles. The van der Waals surface area contributed by atoms with Gasteiger partial charge in [-0.25, -0.2) is 14.6 Å². The summed E-state index contributed by atoms with van der Waals surface area (Å²) in [5.41, 5.74) is 6.27.